The minimum absolute atomic E-state index is 0.891. The zero-order chi connectivity index (χ0) is 11.3. The van der Waals surface area contributed by atoms with Crippen LogP contribution in [0.3, 0.4) is 0 Å². The van der Waals surface area contributed by atoms with Crippen LogP contribution in [-0.2, 0) is 0 Å². The monoisotopic (exact) mass is 210 g/mol. The molecule has 0 spiro atoms. The highest BCUT2D eigenvalue weighted by molar-refractivity contribution is 4.76. The van der Waals surface area contributed by atoms with Crippen molar-refractivity contribution >= 4 is 0 Å². The molecular weight excluding hydrogens is 180 g/mol. The van der Waals surface area contributed by atoms with E-state index < -0.39 is 0 Å². The van der Waals surface area contributed by atoms with Crippen molar-refractivity contribution in [2.45, 2.75) is 72.6 Å². The van der Waals surface area contributed by atoms with E-state index in [0.29, 0.717) is 0 Å². The van der Waals surface area contributed by atoms with E-state index >= 15 is 0 Å². The van der Waals surface area contributed by atoms with E-state index in [0.717, 1.165) is 23.7 Å². The van der Waals surface area contributed by atoms with E-state index in [1.807, 2.05) is 0 Å². The summed E-state index contributed by atoms with van der Waals surface area (Å²) in [6.45, 7) is 9.54. The molecule has 0 N–H and O–H groups in total. The average molecular weight is 210 g/mol. The highest BCUT2D eigenvalue weighted by Gasteiger charge is 2.24. The Labute approximate surface area is 96.8 Å². The molecular formula is C15H30. The Morgan fingerprint density at radius 1 is 0.733 bits per heavy atom. The van der Waals surface area contributed by atoms with Crippen molar-refractivity contribution in [3.63, 3.8) is 0 Å². The van der Waals surface area contributed by atoms with Crippen LogP contribution in [0.25, 0.3) is 0 Å². The van der Waals surface area contributed by atoms with E-state index in [4.69, 9.17) is 0 Å². The first-order valence-electron chi connectivity index (χ1n) is 7.09. The minimum Gasteiger partial charge on any atom is -0.0628 e. The van der Waals surface area contributed by atoms with Gasteiger partial charge in [0.2, 0.25) is 0 Å². The third-order valence-corrected chi connectivity index (χ3v) is 3.86. The molecule has 1 fully saturated rings. The van der Waals surface area contributed by atoms with Crippen molar-refractivity contribution in [3.8, 4) is 0 Å². The Morgan fingerprint density at radius 2 is 1.13 bits per heavy atom. The quantitative estimate of drug-likeness (QED) is 0.554. The Morgan fingerprint density at radius 3 is 1.47 bits per heavy atom. The standard InChI is InChI=1S/C15H30/c1-12(2)10-14-8-6-5-7-9-15(14)11-13(3)4/h12-15H,5-11H2,1-4H3. The maximum absolute atomic E-state index is 2.39. The summed E-state index contributed by atoms with van der Waals surface area (Å²) >= 11 is 0. The van der Waals surface area contributed by atoms with Crippen LogP contribution < -0.4 is 0 Å². The molecule has 0 bridgehead atoms. The Kier molecular flexibility index (Phi) is 5.71. The van der Waals surface area contributed by atoms with Gasteiger partial charge in [0.1, 0.15) is 0 Å². The second-order valence-corrected chi connectivity index (χ2v) is 6.42. The van der Waals surface area contributed by atoms with Crippen LogP contribution in [-0.4, -0.2) is 0 Å². The molecule has 1 aliphatic rings. The minimum atomic E-state index is 0.891. The molecule has 1 aliphatic carbocycles. The second kappa shape index (κ2) is 6.55. The molecule has 0 amide bonds. The van der Waals surface area contributed by atoms with Gasteiger partial charge in [-0.1, -0.05) is 59.8 Å². The van der Waals surface area contributed by atoms with E-state index in [2.05, 4.69) is 27.7 Å². The lowest BCUT2D eigenvalue weighted by molar-refractivity contribution is 0.230. The SMILES string of the molecule is CC(C)CC1CCCCCC1CC(C)C. The maximum atomic E-state index is 2.39. The molecule has 1 rings (SSSR count). The van der Waals surface area contributed by atoms with Gasteiger partial charge in [-0.25, -0.2) is 0 Å². The van der Waals surface area contributed by atoms with Gasteiger partial charge >= 0.3 is 0 Å². The van der Waals surface area contributed by atoms with E-state index in [1.165, 1.54) is 44.9 Å². The summed E-state index contributed by atoms with van der Waals surface area (Å²) in [5, 5.41) is 0. The molecule has 90 valence electrons. The molecule has 0 saturated heterocycles. The summed E-state index contributed by atoms with van der Waals surface area (Å²) in [6, 6.07) is 0. The molecule has 0 aromatic heterocycles. The molecule has 0 aliphatic heterocycles. The van der Waals surface area contributed by atoms with Gasteiger partial charge in [-0.2, -0.15) is 0 Å². The first kappa shape index (κ1) is 13.1. The third kappa shape index (κ3) is 5.04. The zero-order valence-corrected chi connectivity index (χ0v) is 11.3. The van der Waals surface area contributed by atoms with Crippen LogP contribution in [0.5, 0.6) is 0 Å². The molecule has 2 unspecified atom stereocenters. The summed E-state index contributed by atoms with van der Waals surface area (Å²) in [6.07, 6.45) is 10.4. The van der Waals surface area contributed by atoms with Gasteiger partial charge in [0, 0.05) is 0 Å². The summed E-state index contributed by atoms with van der Waals surface area (Å²) in [5.41, 5.74) is 0. The predicted molar refractivity (Wildman–Crippen MR) is 69.0 cm³/mol. The van der Waals surface area contributed by atoms with Gasteiger partial charge in [0.15, 0.2) is 0 Å². The molecule has 15 heavy (non-hydrogen) atoms. The molecule has 0 aromatic carbocycles. The molecule has 0 radical (unpaired) electrons. The van der Waals surface area contributed by atoms with Crippen LogP contribution in [0.1, 0.15) is 72.6 Å². The van der Waals surface area contributed by atoms with E-state index in [-0.39, 0.29) is 0 Å². The van der Waals surface area contributed by atoms with Crippen LogP contribution in [0.2, 0.25) is 0 Å². The molecule has 2 atom stereocenters. The summed E-state index contributed by atoms with van der Waals surface area (Å²) in [4.78, 5) is 0. The van der Waals surface area contributed by atoms with Crippen LogP contribution in [0.15, 0.2) is 0 Å². The fourth-order valence-electron chi connectivity index (χ4n) is 3.29. The van der Waals surface area contributed by atoms with Crippen molar-refractivity contribution < 1.29 is 0 Å². The average Bonchev–Trinajstić information content (AvgIpc) is 2.30. The van der Waals surface area contributed by atoms with Crippen molar-refractivity contribution in [2.24, 2.45) is 23.7 Å². The van der Waals surface area contributed by atoms with Crippen LogP contribution >= 0.6 is 0 Å². The largest absolute Gasteiger partial charge is 0.0628 e. The molecule has 0 aromatic rings. The van der Waals surface area contributed by atoms with Gasteiger partial charge in [-0.3, -0.25) is 0 Å². The maximum Gasteiger partial charge on any atom is -0.0383 e. The van der Waals surface area contributed by atoms with E-state index in [9.17, 15) is 0 Å². The lowest BCUT2D eigenvalue weighted by Gasteiger charge is -2.28. The summed E-state index contributed by atoms with van der Waals surface area (Å²) in [5.74, 6) is 3.86. The smallest absolute Gasteiger partial charge is 0.0383 e. The molecule has 0 heterocycles. The molecule has 0 heteroatoms. The van der Waals surface area contributed by atoms with Gasteiger partial charge in [0.05, 0.1) is 0 Å². The number of hydrogen-bond donors (Lipinski definition) is 0. The van der Waals surface area contributed by atoms with Crippen LogP contribution in [0, 0.1) is 23.7 Å². The highest BCUT2D eigenvalue weighted by atomic mass is 14.3. The van der Waals surface area contributed by atoms with Crippen LogP contribution in [0.4, 0.5) is 0 Å². The van der Waals surface area contributed by atoms with Crippen molar-refractivity contribution in [1.29, 1.82) is 0 Å². The van der Waals surface area contributed by atoms with Crippen molar-refractivity contribution in [2.75, 3.05) is 0 Å². The fraction of sp³-hybridized carbons (Fsp3) is 1.00. The zero-order valence-electron chi connectivity index (χ0n) is 11.3. The summed E-state index contributed by atoms with van der Waals surface area (Å²) < 4.78 is 0. The topological polar surface area (TPSA) is 0 Å². The van der Waals surface area contributed by atoms with Gasteiger partial charge in [-0.05, 0) is 36.5 Å². The normalized spacial score (nSPS) is 28.4. The number of rotatable bonds is 4. The molecule has 1 saturated carbocycles. The van der Waals surface area contributed by atoms with Crippen molar-refractivity contribution in [1.82, 2.24) is 0 Å². The molecule has 0 nitrogen and oxygen atoms in total. The first-order valence-corrected chi connectivity index (χ1v) is 7.09. The summed E-state index contributed by atoms with van der Waals surface area (Å²) in [7, 11) is 0. The third-order valence-electron chi connectivity index (χ3n) is 3.86. The second-order valence-electron chi connectivity index (χ2n) is 6.42. The highest BCUT2D eigenvalue weighted by Crippen LogP contribution is 2.36. The number of hydrogen-bond acceptors (Lipinski definition) is 0. The Bertz CT molecular complexity index is 139. The lowest BCUT2D eigenvalue weighted by Crippen LogP contribution is -2.17. The van der Waals surface area contributed by atoms with E-state index in [1.54, 1.807) is 0 Å². The van der Waals surface area contributed by atoms with Gasteiger partial charge < -0.3 is 0 Å². The Hall–Kier alpha value is 0. The predicted octanol–water partition coefficient (Wildman–Crippen LogP) is 5.28. The van der Waals surface area contributed by atoms with Gasteiger partial charge in [0.25, 0.3) is 0 Å². The fourth-order valence-corrected chi connectivity index (χ4v) is 3.29. The van der Waals surface area contributed by atoms with Crippen molar-refractivity contribution in [3.05, 3.63) is 0 Å². The first-order chi connectivity index (χ1) is 7.09. The lowest BCUT2D eigenvalue weighted by atomic mass is 9.78. The Balaban J connectivity index is 2.50. The van der Waals surface area contributed by atoms with Gasteiger partial charge in [-0.15, -0.1) is 0 Å².